The molecule has 0 radical (unpaired) electrons. The molecule has 0 aliphatic carbocycles. The molecule has 0 aromatic carbocycles. The van der Waals surface area contributed by atoms with E-state index in [0.29, 0.717) is 11.3 Å². The third-order valence-corrected chi connectivity index (χ3v) is 6.95. The first-order valence-electron chi connectivity index (χ1n) is 6.60. The van der Waals surface area contributed by atoms with Gasteiger partial charge in [0.2, 0.25) is 0 Å². The van der Waals surface area contributed by atoms with E-state index in [-0.39, 0.29) is 0 Å². The van der Waals surface area contributed by atoms with Gasteiger partial charge in [-0.2, -0.15) is 28.6 Å². The molecule has 18 heavy (non-hydrogen) atoms. The topological polar surface area (TPSA) is 29.9 Å². The van der Waals surface area contributed by atoms with E-state index in [1.807, 2.05) is 17.9 Å². The number of rotatable bonds is 4. The SMILES string of the molecule is CCNC(c1cnn(C)c1)C1CSC(C)C(C)S1. The Morgan fingerprint density at radius 3 is 2.83 bits per heavy atom. The summed E-state index contributed by atoms with van der Waals surface area (Å²) in [4.78, 5) is 0. The average Bonchev–Trinajstić information content (AvgIpc) is 2.76. The molecule has 1 aliphatic heterocycles. The van der Waals surface area contributed by atoms with Gasteiger partial charge in [-0.1, -0.05) is 20.8 Å². The van der Waals surface area contributed by atoms with Crippen LogP contribution >= 0.6 is 23.5 Å². The molecule has 4 unspecified atom stereocenters. The van der Waals surface area contributed by atoms with Crippen LogP contribution in [-0.4, -0.2) is 37.8 Å². The lowest BCUT2D eigenvalue weighted by atomic mass is 10.1. The first-order valence-corrected chi connectivity index (χ1v) is 8.60. The van der Waals surface area contributed by atoms with E-state index < -0.39 is 0 Å². The highest BCUT2D eigenvalue weighted by Gasteiger charge is 2.32. The predicted octanol–water partition coefficient (Wildman–Crippen LogP) is 2.70. The van der Waals surface area contributed by atoms with Crippen molar-refractivity contribution in [2.45, 2.75) is 42.6 Å². The summed E-state index contributed by atoms with van der Waals surface area (Å²) in [6.07, 6.45) is 4.14. The summed E-state index contributed by atoms with van der Waals surface area (Å²) < 4.78 is 1.90. The van der Waals surface area contributed by atoms with Gasteiger partial charge in [0, 0.05) is 46.4 Å². The second-order valence-electron chi connectivity index (χ2n) is 4.90. The van der Waals surface area contributed by atoms with Gasteiger partial charge in [-0.15, -0.1) is 0 Å². The predicted molar refractivity (Wildman–Crippen MR) is 82.4 cm³/mol. The Balaban J connectivity index is 2.10. The van der Waals surface area contributed by atoms with Crippen molar-refractivity contribution in [3.63, 3.8) is 0 Å². The minimum atomic E-state index is 0.427. The highest BCUT2D eigenvalue weighted by molar-refractivity contribution is 8.07. The van der Waals surface area contributed by atoms with Gasteiger partial charge in [-0.25, -0.2) is 0 Å². The van der Waals surface area contributed by atoms with Crippen molar-refractivity contribution in [3.8, 4) is 0 Å². The molecule has 3 nitrogen and oxygen atoms in total. The van der Waals surface area contributed by atoms with Gasteiger partial charge in [0.25, 0.3) is 0 Å². The van der Waals surface area contributed by atoms with E-state index in [1.165, 1.54) is 11.3 Å². The molecule has 1 aromatic rings. The maximum atomic E-state index is 4.31. The molecule has 0 saturated carbocycles. The van der Waals surface area contributed by atoms with Crippen LogP contribution in [0.1, 0.15) is 32.4 Å². The molecule has 4 atom stereocenters. The number of nitrogens with one attached hydrogen (secondary N) is 1. The Bertz CT molecular complexity index is 380. The number of hydrogen-bond acceptors (Lipinski definition) is 4. The third-order valence-electron chi connectivity index (χ3n) is 3.45. The lowest BCUT2D eigenvalue weighted by Crippen LogP contribution is -2.37. The molecule has 1 aromatic heterocycles. The zero-order valence-corrected chi connectivity index (χ0v) is 13.2. The fourth-order valence-corrected chi connectivity index (χ4v) is 5.39. The molecule has 0 bridgehead atoms. The van der Waals surface area contributed by atoms with E-state index in [1.54, 1.807) is 0 Å². The summed E-state index contributed by atoms with van der Waals surface area (Å²) in [5, 5.41) is 10.1. The lowest BCUT2D eigenvalue weighted by molar-refractivity contribution is 0.547. The largest absolute Gasteiger partial charge is 0.309 e. The van der Waals surface area contributed by atoms with E-state index in [0.717, 1.165) is 17.0 Å². The second kappa shape index (κ2) is 6.35. The Morgan fingerprint density at radius 2 is 2.28 bits per heavy atom. The minimum absolute atomic E-state index is 0.427. The quantitative estimate of drug-likeness (QED) is 0.921. The molecule has 1 aliphatic rings. The molecule has 1 saturated heterocycles. The Morgan fingerprint density at radius 1 is 1.50 bits per heavy atom. The third kappa shape index (κ3) is 3.25. The van der Waals surface area contributed by atoms with Crippen LogP contribution in [-0.2, 0) is 7.05 Å². The van der Waals surface area contributed by atoms with Gasteiger partial charge in [0.15, 0.2) is 0 Å². The monoisotopic (exact) mass is 285 g/mol. The molecule has 0 spiro atoms. The van der Waals surface area contributed by atoms with Crippen molar-refractivity contribution in [2.24, 2.45) is 7.05 Å². The molecule has 2 rings (SSSR count). The molecular weight excluding hydrogens is 262 g/mol. The highest BCUT2D eigenvalue weighted by Crippen LogP contribution is 2.40. The number of aryl methyl sites for hydroxylation is 1. The molecule has 0 amide bonds. The first kappa shape index (κ1) is 14.3. The van der Waals surface area contributed by atoms with Crippen molar-refractivity contribution in [1.82, 2.24) is 15.1 Å². The summed E-state index contributed by atoms with van der Waals surface area (Å²) in [6.45, 7) is 7.87. The maximum absolute atomic E-state index is 4.31. The molecule has 1 N–H and O–H groups in total. The molecular formula is C13H23N3S2. The van der Waals surface area contributed by atoms with Crippen molar-refractivity contribution < 1.29 is 0 Å². The molecule has 102 valence electrons. The Labute approximate surface area is 118 Å². The zero-order valence-electron chi connectivity index (χ0n) is 11.6. The van der Waals surface area contributed by atoms with E-state index in [2.05, 4.69) is 60.9 Å². The molecule has 1 fully saturated rings. The van der Waals surface area contributed by atoms with Crippen molar-refractivity contribution >= 4 is 23.5 Å². The van der Waals surface area contributed by atoms with Gasteiger partial charge in [0.05, 0.1) is 6.20 Å². The van der Waals surface area contributed by atoms with Crippen LogP contribution in [0.2, 0.25) is 0 Å². The molecule has 5 heteroatoms. The first-order chi connectivity index (χ1) is 8.61. The van der Waals surface area contributed by atoms with Crippen LogP contribution in [0.15, 0.2) is 12.4 Å². The van der Waals surface area contributed by atoms with Gasteiger partial charge >= 0.3 is 0 Å². The van der Waals surface area contributed by atoms with Crippen molar-refractivity contribution in [1.29, 1.82) is 0 Å². The van der Waals surface area contributed by atoms with Crippen LogP contribution in [0.25, 0.3) is 0 Å². The van der Waals surface area contributed by atoms with Crippen molar-refractivity contribution in [3.05, 3.63) is 18.0 Å². The van der Waals surface area contributed by atoms with Gasteiger partial charge in [-0.05, 0) is 6.54 Å². The van der Waals surface area contributed by atoms with Crippen molar-refractivity contribution in [2.75, 3.05) is 12.3 Å². The normalized spacial score (nSPS) is 30.3. The van der Waals surface area contributed by atoms with Crippen LogP contribution in [0.3, 0.4) is 0 Å². The zero-order chi connectivity index (χ0) is 13.1. The summed E-state index contributed by atoms with van der Waals surface area (Å²) in [7, 11) is 1.99. The number of hydrogen-bond donors (Lipinski definition) is 1. The Kier molecular flexibility index (Phi) is 5.04. The summed E-state index contributed by atoms with van der Waals surface area (Å²) >= 11 is 4.23. The number of aromatic nitrogens is 2. The molecule has 2 heterocycles. The smallest absolute Gasteiger partial charge is 0.0537 e. The van der Waals surface area contributed by atoms with Crippen LogP contribution in [0.5, 0.6) is 0 Å². The minimum Gasteiger partial charge on any atom is -0.309 e. The van der Waals surface area contributed by atoms with E-state index in [9.17, 15) is 0 Å². The van der Waals surface area contributed by atoms with E-state index in [4.69, 9.17) is 0 Å². The van der Waals surface area contributed by atoms with Gasteiger partial charge in [0.1, 0.15) is 0 Å². The average molecular weight is 285 g/mol. The summed E-state index contributed by atoms with van der Waals surface area (Å²) in [5.74, 6) is 1.22. The summed E-state index contributed by atoms with van der Waals surface area (Å²) in [5.41, 5.74) is 1.32. The maximum Gasteiger partial charge on any atom is 0.0537 e. The number of thioether (sulfide) groups is 2. The Hall–Kier alpha value is -0.130. The van der Waals surface area contributed by atoms with Gasteiger partial charge < -0.3 is 5.32 Å². The fourth-order valence-electron chi connectivity index (χ4n) is 2.27. The fraction of sp³-hybridized carbons (Fsp3) is 0.769. The lowest BCUT2D eigenvalue weighted by Gasteiger charge is -2.36. The standard InChI is InChI=1S/C13H23N3S2/c1-5-14-13(11-6-15-16(4)7-11)12-8-17-9(2)10(3)18-12/h6-7,9-10,12-14H,5,8H2,1-4H3. The summed E-state index contributed by atoms with van der Waals surface area (Å²) in [6, 6.07) is 0.427. The van der Waals surface area contributed by atoms with Crippen LogP contribution in [0, 0.1) is 0 Å². The van der Waals surface area contributed by atoms with Crippen LogP contribution in [0.4, 0.5) is 0 Å². The second-order valence-corrected chi connectivity index (χ2v) is 7.93. The highest BCUT2D eigenvalue weighted by atomic mass is 32.2. The van der Waals surface area contributed by atoms with Gasteiger partial charge in [-0.3, -0.25) is 4.68 Å². The van der Waals surface area contributed by atoms with E-state index >= 15 is 0 Å². The van der Waals surface area contributed by atoms with Crippen LogP contribution < -0.4 is 5.32 Å². The number of nitrogens with zero attached hydrogens (tertiary/aromatic N) is 2.